The highest BCUT2D eigenvalue weighted by Gasteiger charge is 2.16. The lowest BCUT2D eigenvalue weighted by Gasteiger charge is -2.18. The zero-order valence-corrected chi connectivity index (χ0v) is 13.0. The number of hydrogen-bond donors (Lipinski definition) is 1. The van der Waals surface area contributed by atoms with Crippen molar-refractivity contribution in [3.05, 3.63) is 27.3 Å². The molecule has 0 atom stereocenters. The molecule has 1 N–H and O–H groups in total. The predicted molar refractivity (Wildman–Crippen MR) is 78.9 cm³/mol. The molecule has 0 unspecified atom stereocenters. The van der Waals surface area contributed by atoms with E-state index in [1.54, 1.807) is 24.1 Å². The number of hydrogen-bond acceptors (Lipinski definition) is 3. The molecule has 1 amide bonds. The molecular formula is C13H18INO3. The Morgan fingerprint density at radius 3 is 2.78 bits per heavy atom. The third kappa shape index (κ3) is 4.45. The molecule has 1 rings (SSSR count). The van der Waals surface area contributed by atoms with E-state index in [9.17, 15) is 9.90 Å². The highest BCUT2D eigenvalue weighted by molar-refractivity contribution is 14.1. The van der Waals surface area contributed by atoms with Crippen LogP contribution >= 0.6 is 22.6 Å². The molecule has 0 spiro atoms. The molecule has 0 aromatic heterocycles. The molecule has 0 saturated heterocycles. The molecule has 0 fully saturated rings. The van der Waals surface area contributed by atoms with E-state index >= 15 is 0 Å². The van der Waals surface area contributed by atoms with Gasteiger partial charge in [0.25, 0.3) is 5.91 Å². The van der Waals surface area contributed by atoms with Gasteiger partial charge >= 0.3 is 0 Å². The number of likely N-dealkylation sites (N-methyl/N-ethyl adjacent to an activating group) is 1. The number of benzene rings is 1. The van der Waals surface area contributed by atoms with Gasteiger partial charge < -0.3 is 14.7 Å². The van der Waals surface area contributed by atoms with E-state index in [0.29, 0.717) is 18.7 Å². The fraction of sp³-hybridized carbons (Fsp3) is 0.462. The first-order valence-corrected chi connectivity index (χ1v) is 6.85. The molecule has 0 radical (unpaired) electrons. The lowest BCUT2D eigenvalue weighted by molar-refractivity contribution is 0.0530. The van der Waals surface area contributed by atoms with Crippen molar-refractivity contribution in [1.29, 1.82) is 0 Å². The molecular weight excluding hydrogens is 345 g/mol. The van der Waals surface area contributed by atoms with Crippen molar-refractivity contribution in [3.63, 3.8) is 0 Å². The van der Waals surface area contributed by atoms with E-state index in [1.165, 1.54) is 6.07 Å². The van der Waals surface area contributed by atoms with Crippen LogP contribution in [-0.2, 0) is 4.74 Å². The number of ether oxygens (including phenoxy) is 1. The third-order valence-corrected chi connectivity index (χ3v) is 3.08. The summed E-state index contributed by atoms with van der Waals surface area (Å²) in [6.45, 7) is 4.90. The lowest BCUT2D eigenvalue weighted by Crippen LogP contribution is -2.30. The van der Waals surface area contributed by atoms with Gasteiger partial charge in [0.15, 0.2) is 0 Å². The number of amides is 1. The van der Waals surface area contributed by atoms with E-state index in [-0.39, 0.29) is 17.8 Å². The SMILES string of the molecule is CC(C)OCCN(C)C(=O)c1cc(I)ccc1O. The van der Waals surface area contributed by atoms with Crippen molar-refractivity contribution in [2.75, 3.05) is 20.2 Å². The van der Waals surface area contributed by atoms with Crippen molar-refractivity contribution in [3.8, 4) is 5.75 Å². The van der Waals surface area contributed by atoms with Crippen LogP contribution in [0.2, 0.25) is 0 Å². The smallest absolute Gasteiger partial charge is 0.257 e. The van der Waals surface area contributed by atoms with Crippen LogP contribution in [0.1, 0.15) is 24.2 Å². The number of carbonyl (C=O) groups is 1. The summed E-state index contributed by atoms with van der Waals surface area (Å²) in [5, 5.41) is 9.69. The third-order valence-electron chi connectivity index (χ3n) is 2.41. The van der Waals surface area contributed by atoms with Gasteiger partial charge in [-0.3, -0.25) is 4.79 Å². The second-order valence-corrected chi connectivity index (χ2v) is 5.55. The van der Waals surface area contributed by atoms with Gasteiger partial charge in [-0.05, 0) is 54.6 Å². The number of phenolic OH excluding ortho intramolecular Hbond substituents is 1. The zero-order chi connectivity index (χ0) is 13.7. The minimum atomic E-state index is -0.196. The molecule has 1 aromatic rings. The molecule has 5 heteroatoms. The maximum Gasteiger partial charge on any atom is 0.257 e. The van der Waals surface area contributed by atoms with Crippen LogP contribution < -0.4 is 0 Å². The van der Waals surface area contributed by atoms with Crippen LogP contribution in [0.15, 0.2) is 18.2 Å². The Kier molecular flexibility index (Phi) is 5.87. The Morgan fingerprint density at radius 1 is 1.50 bits per heavy atom. The first kappa shape index (κ1) is 15.2. The van der Waals surface area contributed by atoms with Crippen molar-refractivity contribution < 1.29 is 14.6 Å². The van der Waals surface area contributed by atoms with Crippen molar-refractivity contribution in [2.45, 2.75) is 20.0 Å². The number of halogens is 1. The van der Waals surface area contributed by atoms with E-state index in [0.717, 1.165) is 3.57 Å². The van der Waals surface area contributed by atoms with Gasteiger partial charge in [-0.15, -0.1) is 0 Å². The van der Waals surface area contributed by atoms with Gasteiger partial charge in [0.1, 0.15) is 5.75 Å². The summed E-state index contributed by atoms with van der Waals surface area (Å²) in [4.78, 5) is 13.6. The number of aromatic hydroxyl groups is 1. The molecule has 0 bridgehead atoms. The number of nitrogens with zero attached hydrogens (tertiary/aromatic N) is 1. The monoisotopic (exact) mass is 363 g/mol. The molecule has 0 saturated carbocycles. The van der Waals surface area contributed by atoms with Crippen LogP contribution in [0, 0.1) is 3.57 Å². The highest BCUT2D eigenvalue weighted by atomic mass is 127. The summed E-state index contributed by atoms with van der Waals surface area (Å²) in [6, 6.07) is 4.97. The summed E-state index contributed by atoms with van der Waals surface area (Å²) >= 11 is 2.11. The van der Waals surface area contributed by atoms with Gasteiger partial charge in [-0.1, -0.05) is 0 Å². The van der Waals surface area contributed by atoms with E-state index in [1.807, 2.05) is 13.8 Å². The summed E-state index contributed by atoms with van der Waals surface area (Å²) in [7, 11) is 1.70. The molecule has 0 heterocycles. The zero-order valence-electron chi connectivity index (χ0n) is 10.8. The average molecular weight is 363 g/mol. The summed E-state index contributed by atoms with van der Waals surface area (Å²) in [5.74, 6) is -0.185. The maximum atomic E-state index is 12.1. The maximum absolute atomic E-state index is 12.1. The minimum Gasteiger partial charge on any atom is -0.507 e. The quantitative estimate of drug-likeness (QED) is 0.818. The standard InChI is InChI=1S/C13H18INO3/c1-9(2)18-7-6-15(3)13(17)11-8-10(14)4-5-12(11)16/h4-5,8-9,16H,6-7H2,1-3H3. The number of rotatable bonds is 5. The second-order valence-electron chi connectivity index (χ2n) is 4.31. The number of phenols is 1. The van der Waals surface area contributed by atoms with E-state index in [4.69, 9.17) is 4.74 Å². The Labute approximate surface area is 121 Å². The first-order valence-electron chi connectivity index (χ1n) is 5.77. The van der Waals surface area contributed by atoms with Crippen molar-refractivity contribution >= 4 is 28.5 Å². The molecule has 1 aromatic carbocycles. The van der Waals surface area contributed by atoms with Crippen LogP contribution in [0.4, 0.5) is 0 Å². The summed E-state index contributed by atoms with van der Waals surface area (Å²) in [5.41, 5.74) is 0.328. The van der Waals surface area contributed by atoms with E-state index < -0.39 is 0 Å². The fourth-order valence-corrected chi connectivity index (χ4v) is 1.90. The molecule has 0 aliphatic heterocycles. The van der Waals surface area contributed by atoms with Crippen molar-refractivity contribution in [2.24, 2.45) is 0 Å². The predicted octanol–water partition coefficient (Wildman–Crippen LogP) is 2.49. The summed E-state index contributed by atoms with van der Waals surface area (Å²) < 4.78 is 6.31. The largest absolute Gasteiger partial charge is 0.507 e. The Bertz CT molecular complexity index is 421. The van der Waals surface area contributed by atoms with Crippen LogP contribution in [0.3, 0.4) is 0 Å². The molecule has 100 valence electrons. The normalized spacial score (nSPS) is 10.7. The first-order chi connectivity index (χ1) is 8.41. The Hall–Kier alpha value is -0.820. The summed E-state index contributed by atoms with van der Waals surface area (Å²) in [6.07, 6.45) is 0.152. The molecule has 18 heavy (non-hydrogen) atoms. The molecule has 0 aliphatic rings. The van der Waals surface area contributed by atoms with Crippen LogP contribution in [0.25, 0.3) is 0 Å². The second kappa shape index (κ2) is 6.94. The topological polar surface area (TPSA) is 49.8 Å². The van der Waals surface area contributed by atoms with Gasteiger partial charge in [0, 0.05) is 17.2 Å². The average Bonchev–Trinajstić information content (AvgIpc) is 2.30. The Morgan fingerprint density at radius 2 is 2.17 bits per heavy atom. The van der Waals surface area contributed by atoms with Crippen LogP contribution in [-0.4, -0.2) is 42.2 Å². The molecule has 4 nitrogen and oxygen atoms in total. The lowest BCUT2D eigenvalue weighted by atomic mass is 10.2. The minimum absolute atomic E-state index is 0.0112. The van der Waals surface area contributed by atoms with Gasteiger partial charge in [-0.25, -0.2) is 0 Å². The van der Waals surface area contributed by atoms with Crippen LogP contribution in [0.5, 0.6) is 5.75 Å². The van der Waals surface area contributed by atoms with Gasteiger partial charge in [0.2, 0.25) is 0 Å². The fourth-order valence-electron chi connectivity index (χ4n) is 1.41. The molecule has 0 aliphatic carbocycles. The van der Waals surface area contributed by atoms with Gasteiger partial charge in [0.05, 0.1) is 18.3 Å². The van der Waals surface area contributed by atoms with Gasteiger partial charge in [-0.2, -0.15) is 0 Å². The Balaban J connectivity index is 2.65. The van der Waals surface area contributed by atoms with E-state index in [2.05, 4.69) is 22.6 Å². The van der Waals surface area contributed by atoms with Crippen molar-refractivity contribution in [1.82, 2.24) is 4.90 Å². The number of carbonyl (C=O) groups excluding carboxylic acids is 1. The highest BCUT2D eigenvalue weighted by Crippen LogP contribution is 2.20.